The van der Waals surface area contributed by atoms with E-state index in [1.54, 1.807) is 16.0 Å². The molecule has 2 heterocycles. The Labute approximate surface area is 172 Å². The summed E-state index contributed by atoms with van der Waals surface area (Å²) < 4.78 is 0. The molecule has 0 spiro atoms. The third-order valence-corrected chi connectivity index (χ3v) is 7.67. The Morgan fingerprint density at radius 3 is 2.59 bits per heavy atom. The highest BCUT2D eigenvalue weighted by molar-refractivity contribution is 7.19. The summed E-state index contributed by atoms with van der Waals surface area (Å²) >= 11 is 1.98. The SMILES string of the molecule is CCC1CCc2nc3sc4c(c3c(-c3ccc(C)cc3)c2C1)CCCC4.[Cl-]. The predicted molar refractivity (Wildman–Crippen MR) is 112 cm³/mol. The van der Waals surface area contributed by atoms with E-state index in [9.17, 15) is 0 Å². The summed E-state index contributed by atoms with van der Waals surface area (Å²) in [7, 11) is 0. The molecule has 1 atom stereocenters. The van der Waals surface area contributed by atoms with E-state index >= 15 is 0 Å². The molecule has 0 aliphatic heterocycles. The van der Waals surface area contributed by atoms with Gasteiger partial charge >= 0.3 is 0 Å². The van der Waals surface area contributed by atoms with Gasteiger partial charge in [0.15, 0.2) is 0 Å². The molecule has 2 aliphatic rings. The van der Waals surface area contributed by atoms with Crippen molar-refractivity contribution in [3.63, 3.8) is 0 Å². The molecular weight excluding hydrogens is 370 g/mol. The van der Waals surface area contributed by atoms with Crippen molar-refractivity contribution in [2.75, 3.05) is 0 Å². The van der Waals surface area contributed by atoms with Gasteiger partial charge in [-0.1, -0.05) is 43.2 Å². The molecule has 0 radical (unpaired) electrons. The Kier molecular flexibility index (Phi) is 5.31. The number of rotatable bonds is 2. The smallest absolute Gasteiger partial charge is 0.124 e. The molecule has 1 nitrogen and oxygen atoms in total. The molecule has 27 heavy (non-hydrogen) atoms. The standard InChI is InChI=1S/C24H27NS.ClH/c1-3-16-10-13-20-19(14-16)22(17-11-8-15(2)9-12-17)23-18-6-4-5-7-21(18)26-24(23)25-20;/h8-9,11-12,16H,3-7,10,13-14H2,1-2H3;1H/p-1. The summed E-state index contributed by atoms with van der Waals surface area (Å²) in [4.78, 5) is 8.13. The molecule has 0 saturated carbocycles. The van der Waals surface area contributed by atoms with Crippen LogP contribution in [0, 0.1) is 12.8 Å². The highest BCUT2D eigenvalue weighted by atomic mass is 35.5. The van der Waals surface area contributed by atoms with E-state index in [0.717, 1.165) is 12.3 Å². The number of hydrogen-bond donors (Lipinski definition) is 0. The quantitative estimate of drug-likeness (QED) is 0.644. The van der Waals surface area contributed by atoms with E-state index in [-0.39, 0.29) is 12.4 Å². The van der Waals surface area contributed by atoms with E-state index in [4.69, 9.17) is 4.98 Å². The molecule has 2 aliphatic carbocycles. The highest BCUT2D eigenvalue weighted by Gasteiger charge is 2.27. The Morgan fingerprint density at radius 2 is 1.81 bits per heavy atom. The minimum atomic E-state index is 0. The van der Waals surface area contributed by atoms with Gasteiger partial charge in [-0.05, 0) is 80.0 Å². The fourth-order valence-electron chi connectivity index (χ4n) is 4.92. The van der Waals surface area contributed by atoms with Crippen LogP contribution in [0.3, 0.4) is 0 Å². The van der Waals surface area contributed by atoms with Gasteiger partial charge in [0.2, 0.25) is 0 Å². The van der Waals surface area contributed by atoms with Crippen LogP contribution in [-0.4, -0.2) is 4.98 Å². The summed E-state index contributed by atoms with van der Waals surface area (Å²) in [6.45, 7) is 4.53. The Bertz CT molecular complexity index is 970. The van der Waals surface area contributed by atoms with E-state index in [1.807, 2.05) is 11.3 Å². The maximum absolute atomic E-state index is 5.21. The zero-order chi connectivity index (χ0) is 17.7. The lowest BCUT2D eigenvalue weighted by molar-refractivity contribution is -0.00000528. The molecule has 0 saturated heterocycles. The summed E-state index contributed by atoms with van der Waals surface area (Å²) in [5.74, 6) is 0.820. The van der Waals surface area contributed by atoms with Crippen molar-refractivity contribution in [3.05, 3.63) is 51.5 Å². The van der Waals surface area contributed by atoms with Crippen LogP contribution in [0.2, 0.25) is 0 Å². The van der Waals surface area contributed by atoms with Gasteiger partial charge in [0.25, 0.3) is 0 Å². The summed E-state index contributed by atoms with van der Waals surface area (Å²) in [5, 5.41) is 1.50. The minimum Gasteiger partial charge on any atom is -1.00 e. The second-order valence-corrected chi connectivity index (χ2v) is 9.27. The second-order valence-electron chi connectivity index (χ2n) is 8.19. The molecule has 142 valence electrons. The van der Waals surface area contributed by atoms with Gasteiger partial charge < -0.3 is 12.4 Å². The first-order valence-electron chi connectivity index (χ1n) is 10.3. The van der Waals surface area contributed by atoms with Crippen molar-refractivity contribution in [1.82, 2.24) is 4.98 Å². The number of pyridine rings is 1. The van der Waals surface area contributed by atoms with Crippen molar-refractivity contribution in [1.29, 1.82) is 0 Å². The number of aromatic nitrogens is 1. The molecule has 0 N–H and O–H groups in total. The lowest BCUT2D eigenvalue weighted by Gasteiger charge is -2.26. The fourth-order valence-corrected chi connectivity index (χ4v) is 6.21. The van der Waals surface area contributed by atoms with Crippen molar-refractivity contribution < 1.29 is 12.4 Å². The normalized spacial score (nSPS) is 18.7. The van der Waals surface area contributed by atoms with Gasteiger partial charge in [-0.25, -0.2) is 4.98 Å². The van der Waals surface area contributed by atoms with Crippen molar-refractivity contribution >= 4 is 21.6 Å². The first-order valence-corrected chi connectivity index (χ1v) is 11.1. The molecule has 0 amide bonds. The number of hydrogen-bond acceptors (Lipinski definition) is 2. The average molecular weight is 397 g/mol. The number of halogens is 1. The van der Waals surface area contributed by atoms with E-state index < -0.39 is 0 Å². The van der Waals surface area contributed by atoms with Crippen molar-refractivity contribution in [2.24, 2.45) is 5.92 Å². The van der Waals surface area contributed by atoms with Crippen LogP contribution in [0.4, 0.5) is 0 Å². The first-order chi connectivity index (χ1) is 12.7. The van der Waals surface area contributed by atoms with E-state index in [2.05, 4.69) is 38.1 Å². The number of nitrogens with zero attached hydrogens (tertiary/aromatic N) is 1. The van der Waals surface area contributed by atoms with E-state index in [0.29, 0.717) is 0 Å². The molecule has 3 aromatic rings. The fraction of sp³-hybridized carbons (Fsp3) is 0.458. The van der Waals surface area contributed by atoms with Crippen LogP contribution in [0.25, 0.3) is 21.3 Å². The number of benzene rings is 1. The van der Waals surface area contributed by atoms with Crippen LogP contribution in [0.15, 0.2) is 24.3 Å². The lowest BCUT2D eigenvalue weighted by atomic mass is 9.80. The van der Waals surface area contributed by atoms with Crippen LogP contribution in [0.5, 0.6) is 0 Å². The summed E-state index contributed by atoms with van der Waals surface area (Å²) in [5.41, 5.74) is 8.85. The van der Waals surface area contributed by atoms with Gasteiger partial charge in [0.1, 0.15) is 4.83 Å². The van der Waals surface area contributed by atoms with Gasteiger partial charge in [0.05, 0.1) is 0 Å². The Morgan fingerprint density at radius 1 is 1.04 bits per heavy atom. The maximum Gasteiger partial charge on any atom is 0.124 e. The van der Waals surface area contributed by atoms with Gasteiger partial charge in [0, 0.05) is 16.0 Å². The number of thiophene rings is 1. The minimum absolute atomic E-state index is 0. The molecule has 1 aromatic carbocycles. The summed E-state index contributed by atoms with van der Waals surface area (Å²) in [6.07, 6.45) is 10.1. The van der Waals surface area contributed by atoms with Crippen LogP contribution < -0.4 is 12.4 Å². The first kappa shape index (κ1) is 19.0. The summed E-state index contributed by atoms with van der Waals surface area (Å²) in [6, 6.07) is 9.22. The third kappa shape index (κ3) is 3.21. The Balaban J connectivity index is 0.00000180. The lowest BCUT2D eigenvalue weighted by Crippen LogP contribution is -3.00. The average Bonchev–Trinajstić information content (AvgIpc) is 3.04. The zero-order valence-corrected chi connectivity index (χ0v) is 17.8. The van der Waals surface area contributed by atoms with E-state index in [1.165, 1.54) is 77.5 Å². The van der Waals surface area contributed by atoms with Crippen LogP contribution in [0.1, 0.15) is 59.9 Å². The van der Waals surface area contributed by atoms with Gasteiger partial charge in [-0.3, -0.25) is 0 Å². The second kappa shape index (κ2) is 7.56. The van der Waals surface area contributed by atoms with Gasteiger partial charge in [-0.2, -0.15) is 0 Å². The van der Waals surface area contributed by atoms with Crippen molar-refractivity contribution in [2.45, 2.75) is 65.2 Å². The van der Waals surface area contributed by atoms with Crippen LogP contribution >= 0.6 is 11.3 Å². The van der Waals surface area contributed by atoms with Crippen LogP contribution in [-0.2, 0) is 25.7 Å². The molecule has 0 bridgehead atoms. The molecule has 0 fully saturated rings. The molecule has 3 heteroatoms. The third-order valence-electron chi connectivity index (χ3n) is 6.49. The maximum atomic E-state index is 5.21. The monoisotopic (exact) mass is 396 g/mol. The molecule has 2 aromatic heterocycles. The topological polar surface area (TPSA) is 12.9 Å². The highest BCUT2D eigenvalue weighted by Crippen LogP contribution is 2.45. The van der Waals surface area contributed by atoms with Crippen molar-refractivity contribution in [3.8, 4) is 11.1 Å². The number of aryl methyl sites for hydroxylation is 4. The van der Waals surface area contributed by atoms with Gasteiger partial charge in [-0.15, -0.1) is 11.3 Å². The Hall–Kier alpha value is -1.38. The molecule has 5 rings (SSSR count). The number of fused-ring (bicyclic) bond motifs is 4. The molecular formula is C24H27ClNS-. The largest absolute Gasteiger partial charge is 1.00 e. The predicted octanol–water partition coefficient (Wildman–Crippen LogP) is 3.67. The zero-order valence-electron chi connectivity index (χ0n) is 16.3. The molecule has 1 unspecified atom stereocenters.